The number of carboxylic acids is 1. The van der Waals surface area contributed by atoms with E-state index in [0.717, 1.165) is 0 Å². The Balaban J connectivity index is 4.18. The lowest BCUT2D eigenvalue weighted by atomic mass is 10.1. The third-order valence-corrected chi connectivity index (χ3v) is 2.60. The van der Waals surface area contributed by atoms with Crippen molar-refractivity contribution in [3.05, 3.63) is 0 Å². The number of rotatable bonds is 7. The minimum absolute atomic E-state index is 0.180. The second kappa shape index (κ2) is 7.92. The van der Waals surface area contributed by atoms with Gasteiger partial charge in [0.05, 0.1) is 5.92 Å². The van der Waals surface area contributed by atoms with E-state index in [0.29, 0.717) is 25.4 Å². The van der Waals surface area contributed by atoms with E-state index in [9.17, 15) is 9.59 Å². The third kappa shape index (κ3) is 6.14. The fourth-order valence-corrected chi connectivity index (χ4v) is 1.52. The number of hydrogen-bond donors (Lipinski definition) is 2. The van der Waals surface area contributed by atoms with Gasteiger partial charge in [-0.3, -0.25) is 4.79 Å². The Morgan fingerprint density at radius 2 is 1.88 bits per heavy atom. The molecular formula is C12H24N2O3. The maximum absolute atomic E-state index is 11.8. The molecule has 0 saturated heterocycles. The van der Waals surface area contributed by atoms with Gasteiger partial charge in [-0.25, -0.2) is 4.79 Å². The topological polar surface area (TPSA) is 69.6 Å². The number of carbonyl (C=O) groups is 2. The van der Waals surface area contributed by atoms with Crippen LogP contribution in [-0.4, -0.2) is 41.6 Å². The molecule has 5 nitrogen and oxygen atoms in total. The Morgan fingerprint density at radius 1 is 1.29 bits per heavy atom. The van der Waals surface area contributed by atoms with E-state index in [2.05, 4.69) is 5.32 Å². The SMILES string of the molecule is CCC(CNC(=O)N(CC)CC(C)C)C(=O)O. The Bertz CT molecular complexity index is 254. The van der Waals surface area contributed by atoms with Crippen molar-refractivity contribution in [3.63, 3.8) is 0 Å². The zero-order valence-electron chi connectivity index (χ0n) is 11.2. The molecule has 0 heterocycles. The summed E-state index contributed by atoms with van der Waals surface area (Å²) in [5.41, 5.74) is 0. The van der Waals surface area contributed by atoms with Crippen molar-refractivity contribution in [2.75, 3.05) is 19.6 Å². The number of urea groups is 1. The zero-order chi connectivity index (χ0) is 13.4. The van der Waals surface area contributed by atoms with E-state index >= 15 is 0 Å². The van der Waals surface area contributed by atoms with Crippen molar-refractivity contribution < 1.29 is 14.7 Å². The van der Waals surface area contributed by atoms with Gasteiger partial charge in [-0.05, 0) is 19.3 Å². The molecule has 1 atom stereocenters. The Morgan fingerprint density at radius 3 is 2.24 bits per heavy atom. The standard InChI is InChI=1S/C12H24N2O3/c1-5-10(11(15)16)7-13-12(17)14(6-2)8-9(3)4/h9-10H,5-8H2,1-4H3,(H,13,17)(H,15,16). The molecule has 2 N–H and O–H groups in total. The van der Waals surface area contributed by atoms with Crippen molar-refractivity contribution in [2.45, 2.75) is 34.1 Å². The fourth-order valence-electron chi connectivity index (χ4n) is 1.52. The van der Waals surface area contributed by atoms with Gasteiger partial charge in [0.15, 0.2) is 0 Å². The van der Waals surface area contributed by atoms with Gasteiger partial charge in [0.1, 0.15) is 0 Å². The summed E-state index contributed by atoms with van der Waals surface area (Å²) in [6.45, 7) is 9.32. The van der Waals surface area contributed by atoms with E-state index in [1.54, 1.807) is 11.8 Å². The van der Waals surface area contributed by atoms with Crippen LogP contribution in [0.3, 0.4) is 0 Å². The predicted molar refractivity (Wildman–Crippen MR) is 66.9 cm³/mol. The summed E-state index contributed by atoms with van der Waals surface area (Å²) >= 11 is 0. The fraction of sp³-hybridized carbons (Fsp3) is 0.833. The van der Waals surface area contributed by atoms with Gasteiger partial charge in [0, 0.05) is 19.6 Å². The monoisotopic (exact) mass is 244 g/mol. The predicted octanol–water partition coefficient (Wildman–Crippen LogP) is 1.78. The minimum atomic E-state index is -0.861. The molecule has 0 fully saturated rings. The molecular weight excluding hydrogens is 220 g/mol. The van der Waals surface area contributed by atoms with Crippen molar-refractivity contribution in [3.8, 4) is 0 Å². The Kier molecular flexibility index (Phi) is 7.34. The van der Waals surface area contributed by atoms with Crippen LogP contribution in [-0.2, 0) is 4.79 Å². The summed E-state index contributed by atoms with van der Waals surface area (Å²) in [6, 6.07) is -0.180. The Labute approximate surface area is 103 Å². The summed E-state index contributed by atoms with van der Waals surface area (Å²) < 4.78 is 0. The smallest absolute Gasteiger partial charge is 0.317 e. The lowest BCUT2D eigenvalue weighted by Gasteiger charge is -2.24. The van der Waals surface area contributed by atoms with Gasteiger partial charge in [-0.2, -0.15) is 0 Å². The lowest BCUT2D eigenvalue weighted by molar-refractivity contribution is -0.141. The van der Waals surface area contributed by atoms with Gasteiger partial charge in [0.25, 0.3) is 0 Å². The van der Waals surface area contributed by atoms with Crippen LogP contribution in [0.1, 0.15) is 34.1 Å². The van der Waals surface area contributed by atoms with E-state index in [-0.39, 0.29) is 12.6 Å². The number of carboxylic acid groups (broad SMARTS) is 1. The van der Waals surface area contributed by atoms with Crippen LogP contribution in [0.15, 0.2) is 0 Å². The van der Waals surface area contributed by atoms with Crippen molar-refractivity contribution in [2.24, 2.45) is 11.8 Å². The van der Waals surface area contributed by atoms with Crippen LogP contribution in [0.25, 0.3) is 0 Å². The van der Waals surface area contributed by atoms with Gasteiger partial charge in [0.2, 0.25) is 0 Å². The van der Waals surface area contributed by atoms with Crippen molar-refractivity contribution in [1.82, 2.24) is 10.2 Å². The largest absolute Gasteiger partial charge is 0.481 e. The molecule has 2 amide bonds. The average molecular weight is 244 g/mol. The number of amides is 2. The van der Waals surface area contributed by atoms with Gasteiger partial charge >= 0.3 is 12.0 Å². The summed E-state index contributed by atoms with van der Waals surface area (Å²) in [5.74, 6) is -0.960. The van der Waals surface area contributed by atoms with Gasteiger partial charge < -0.3 is 15.3 Å². The highest BCUT2D eigenvalue weighted by Crippen LogP contribution is 2.02. The molecule has 0 aromatic heterocycles. The molecule has 0 aliphatic carbocycles. The minimum Gasteiger partial charge on any atom is -0.481 e. The summed E-state index contributed by atoms with van der Waals surface area (Å²) in [5, 5.41) is 11.5. The van der Waals surface area contributed by atoms with Crippen molar-refractivity contribution in [1.29, 1.82) is 0 Å². The van der Waals surface area contributed by atoms with Crippen LogP contribution in [0.2, 0.25) is 0 Å². The molecule has 0 aliphatic heterocycles. The second-order valence-electron chi connectivity index (χ2n) is 4.56. The quantitative estimate of drug-likeness (QED) is 0.717. The summed E-state index contributed by atoms with van der Waals surface area (Å²) in [7, 11) is 0. The number of aliphatic carboxylic acids is 1. The lowest BCUT2D eigenvalue weighted by Crippen LogP contribution is -2.44. The van der Waals surface area contributed by atoms with Gasteiger partial charge in [-0.15, -0.1) is 0 Å². The molecule has 0 aromatic carbocycles. The molecule has 100 valence electrons. The molecule has 0 spiro atoms. The van der Waals surface area contributed by atoms with E-state index in [1.165, 1.54) is 0 Å². The average Bonchev–Trinajstić information content (AvgIpc) is 2.25. The first-order valence-corrected chi connectivity index (χ1v) is 6.17. The third-order valence-electron chi connectivity index (χ3n) is 2.60. The maximum Gasteiger partial charge on any atom is 0.317 e. The second-order valence-corrected chi connectivity index (χ2v) is 4.56. The molecule has 0 rings (SSSR count). The maximum atomic E-state index is 11.8. The van der Waals surface area contributed by atoms with Crippen LogP contribution >= 0.6 is 0 Å². The number of hydrogen-bond acceptors (Lipinski definition) is 2. The number of nitrogens with one attached hydrogen (secondary N) is 1. The first-order chi connectivity index (χ1) is 7.92. The van der Waals surface area contributed by atoms with Crippen LogP contribution in [0.4, 0.5) is 4.79 Å². The van der Waals surface area contributed by atoms with E-state index in [4.69, 9.17) is 5.11 Å². The normalized spacial score (nSPS) is 12.3. The molecule has 0 saturated carbocycles. The molecule has 0 aliphatic rings. The van der Waals surface area contributed by atoms with Crippen LogP contribution in [0, 0.1) is 11.8 Å². The highest BCUT2D eigenvalue weighted by molar-refractivity contribution is 5.76. The first kappa shape index (κ1) is 15.7. The van der Waals surface area contributed by atoms with Crippen molar-refractivity contribution >= 4 is 12.0 Å². The molecule has 5 heteroatoms. The zero-order valence-corrected chi connectivity index (χ0v) is 11.2. The van der Waals surface area contributed by atoms with E-state index < -0.39 is 11.9 Å². The molecule has 17 heavy (non-hydrogen) atoms. The highest BCUT2D eigenvalue weighted by Gasteiger charge is 2.18. The molecule has 1 unspecified atom stereocenters. The molecule has 0 radical (unpaired) electrons. The van der Waals surface area contributed by atoms with E-state index in [1.807, 2.05) is 20.8 Å². The van der Waals surface area contributed by atoms with Crippen LogP contribution < -0.4 is 5.32 Å². The highest BCUT2D eigenvalue weighted by atomic mass is 16.4. The Hall–Kier alpha value is -1.26. The first-order valence-electron chi connectivity index (χ1n) is 6.17. The number of carbonyl (C=O) groups excluding carboxylic acids is 1. The molecule has 0 aromatic rings. The number of nitrogens with zero attached hydrogens (tertiary/aromatic N) is 1. The van der Waals surface area contributed by atoms with Gasteiger partial charge in [-0.1, -0.05) is 20.8 Å². The summed E-state index contributed by atoms with van der Waals surface area (Å²) in [6.07, 6.45) is 0.520. The summed E-state index contributed by atoms with van der Waals surface area (Å²) in [4.78, 5) is 24.3. The molecule has 0 bridgehead atoms. The van der Waals surface area contributed by atoms with Crippen LogP contribution in [0.5, 0.6) is 0 Å².